The number of aliphatic imine (C=N–C) groups is 1. The van der Waals surface area contributed by atoms with E-state index in [0.29, 0.717) is 12.1 Å². The highest BCUT2D eigenvalue weighted by Crippen LogP contribution is 2.32. The molecule has 0 bridgehead atoms. The fraction of sp³-hybridized carbons (Fsp3) is 0.238. The minimum Gasteiger partial charge on any atom is -0.466 e. The monoisotopic (exact) mass is 396 g/mol. The van der Waals surface area contributed by atoms with Gasteiger partial charge < -0.3 is 4.74 Å². The number of esters is 1. The van der Waals surface area contributed by atoms with Crippen LogP contribution in [0.5, 0.6) is 0 Å². The van der Waals surface area contributed by atoms with E-state index < -0.39 is 11.9 Å². The summed E-state index contributed by atoms with van der Waals surface area (Å²) in [6.07, 6.45) is 2.78. The Labute approximate surface area is 167 Å². The van der Waals surface area contributed by atoms with Gasteiger partial charge in [-0.3, -0.25) is 14.5 Å². The van der Waals surface area contributed by atoms with E-state index in [2.05, 4.69) is 9.73 Å². The molecule has 1 aliphatic rings. The van der Waals surface area contributed by atoms with Crippen LogP contribution in [0.3, 0.4) is 0 Å². The van der Waals surface area contributed by atoms with E-state index in [1.165, 1.54) is 12.0 Å². The summed E-state index contributed by atoms with van der Waals surface area (Å²) in [5.74, 6) is -1.38. The SMILES string of the molecule is CCCCN1C(=O)/C(=C/C(=O)OC)SC1=NC(=O)c1cccc2ccccc12. The van der Waals surface area contributed by atoms with Gasteiger partial charge in [-0.1, -0.05) is 49.7 Å². The maximum Gasteiger partial charge on any atom is 0.331 e. The number of nitrogens with zero attached hydrogens (tertiary/aromatic N) is 2. The molecular formula is C21H20N2O4S. The Morgan fingerprint density at radius 2 is 1.93 bits per heavy atom. The lowest BCUT2D eigenvalue weighted by molar-refractivity contribution is -0.135. The number of amidine groups is 1. The molecule has 0 saturated carbocycles. The molecule has 144 valence electrons. The van der Waals surface area contributed by atoms with E-state index in [4.69, 9.17) is 0 Å². The molecule has 1 fully saturated rings. The molecule has 2 aromatic rings. The third kappa shape index (κ3) is 4.14. The molecular weight excluding hydrogens is 376 g/mol. The van der Waals surface area contributed by atoms with Crippen molar-refractivity contribution >= 4 is 45.5 Å². The standard InChI is InChI=1S/C21H20N2O4S/c1-3-4-12-23-20(26)17(13-18(24)27-2)28-21(23)22-19(25)16-11-7-9-14-8-5-6-10-15(14)16/h5-11,13H,3-4,12H2,1-2H3/b17-13-,22-21?. The van der Waals surface area contributed by atoms with Crippen LogP contribution in [0, 0.1) is 0 Å². The zero-order chi connectivity index (χ0) is 20.1. The first-order valence-corrected chi connectivity index (χ1v) is 9.77. The maximum absolute atomic E-state index is 12.9. The third-order valence-corrected chi connectivity index (χ3v) is 5.30. The van der Waals surface area contributed by atoms with Gasteiger partial charge in [0.05, 0.1) is 12.0 Å². The minimum atomic E-state index is -0.618. The molecule has 0 unspecified atom stereocenters. The Bertz CT molecular complexity index is 992. The predicted octanol–water partition coefficient (Wildman–Crippen LogP) is 3.77. The molecule has 2 amide bonds. The molecule has 0 atom stereocenters. The average molecular weight is 396 g/mol. The first-order valence-electron chi connectivity index (χ1n) is 8.95. The van der Waals surface area contributed by atoms with Gasteiger partial charge in [-0.05, 0) is 35.0 Å². The maximum atomic E-state index is 12.9. The smallest absolute Gasteiger partial charge is 0.331 e. The Balaban J connectivity index is 1.97. The van der Waals surface area contributed by atoms with Gasteiger partial charge in [0.15, 0.2) is 5.17 Å². The number of benzene rings is 2. The van der Waals surface area contributed by atoms with Gasteiger partial charge in [-0.25, -0.2) is 4.79 Å². The van der Waals surface area contributed by atoms with Crippen LogP contribution in [0.1, 0.15) is 30.1 Å². The Morgan fingerprint density at radius 1 is 1.18 bits per heavy atom. The number of ether oxygens (including phenoxy) is 1. The van der Waals surface area contributed by atoms with E-state index in [0.717, 1.165) is 41.5 Å². The van der Waals surface area contributed by atoms with Crippen LogP contribution in [-0.2, 0) is 14.3 Å². The van der Waals surface area contributed by atoms with E-state index in [1.807, 2.05) is 37.3 Å². The summed E-state index contributed by atoms with van der Waals surface area (Å²) < 4.78 is 4.60. The molecule has 1 aliphatic heterocycles. The molecule has 0 aliphatic carbocycles. The van der Waals surface area contributed by atoms with Crippen LogP contribution in [0.4, 0.5) is 0 Å². The lowest BCUT2D eigenvalue weighted by Crippen LogP contribution is -2.30. The minimum absolute atomic E-state index is 0.201. The molecule has 0 radical (unpaired) electrons. The van der Waals surface area contributed by atoms with Crippen molar-refractivity contribution in [2.24, 2.45) is 4.99 Å². The summed E-state index contributed by atoms with van der Waals surface area (Å²) in [5, 5.41) is 2.03. The van der Waals surface area contributed by atoms with Gasteiger partial charge in [-0.15, -0.1) is 0 Å². The van der Waals surface area contributed by atoms with Crippen LogP contribution in [0.15, 0.2) is 58.4 Å². The van der Waals surface area contributed by atoms with Crippen LogP contribution >= 0.6 is 11.8 Å². The zero-order valence-electron chi connectivity index (χ0n) is 15.7. The number of hydrogen-bond acceptors (Lipinski definition) is 5. The second-order valence-corrected chi connectivity index (χ2v) is 7.18. The lowest BCUT2D eigenvalue weighted by atomic mass is 10.0. The van der Waals surface area contributed by atoms with Gasteiger partial charge in [0.25, 0.3) is 11.8 Å². The van der Waals surface area contributed by atoms with Crippen LogP contribution in [-0.4, -0.2) is 41.5 Å². The van der Waals surface area contributed by atoms with E-state index in [-0.39, 0.29) is 16.0 Å². The highest BCUT2D eigenvalue weighted by molar-refractivity contribution is 8.18. The van der Waals surface area contributed by atoms with Crippen molar-refractivity contribution in [2.75, 3.05) is 13.7 Å². The van der Waals surface area contributed by atoms with Gasteiger partial charge in [-0.2, -0.15) is 4.99 Å². The first-order chi connectivity index (χ1) is 13.5. The van der Waals surface area contributed by atoms with E-state index in [1.54, 1.807) is 12.1 Å². The molecule has 2 aromatic carbocycles. The largest absolute Gasteiger partial charge is 0.466 e. The summed E-state index contributed by atoms with van der Waals surface area (Å²) in [7, 11) is 1.25. The molecule has 0 spiro atoms. The first kappa shape index (κ1) is 19.8. The van der Waals surface area contributed by atoms with Crippen molar-refractivity contribution in [3.05, 3.63) is 59.0 Å². The Hall–Kier alpha value is -2.93. The highest BCUT2D eigenvalue weighted by Gasteiger charge is 2.34. The molecule has 1 saturated heterocycles. The fourth-order valence-corrected chi connectivity index (χ4v) is 3.79. The van der Waals surface area contributed by atoms with E-state index >= 15 is 0 Å². The summed E-state index contributed by atoms with van der Waals surface area (Å²) in [4.78, 5) is 42.9. The number of carbonyl (C=O) groups is 3. The van der Waals surface area contributed by atoms with Crippen LogP contribution < -0.4 is 0 Å². The van der Waals surface area contributed by atoms with Crippen LogP contribution in [0.25, 0.3) is 10.8 Å². The quantitative estimate of drug-likeness (QED) is 0.568. The molecule has 7 heteroatoms. The fourth-order valence-electron chi connectivity index (χ4n) is 2.83. The van der Waals surface area contributed by atoms with Crippen molar-refractivity contribution in [3.8, 4) is 0 Å². The zero-order valence-corrected chi connectivity index (χ0v) is 16.5. The number of carbonyl (C=O) groups excluding carboxylic acids is 3. The molecule has 0 N–H and O–H groups in total. The number of unbranched alkanes of at least 4 members (excludes halogenated alkanes) is 1. The lowest BCUT2D eigenvalue weighted by Gasteiger charge is -2.14. The summed E-state index contributed by atoms with van der Waals surface area (Å²) in [6.45, 7) is 2.44. The topological polar surface area (TPSA) is 76.0 Å². The number of fused-ring (bicyclic) bond motifs is 1. The van der Waals surface area contributed by atoms with Crippen molar-refractivity contribution < 1.29 is 19.1 Å². The highest BCUT2D eigenvalue weighted by atomic mass is 32.2. The normalized spacial score (nSPS) is 16.9. The molecule has 1 heterocycles. The molecule has 6 nitrogen and oxygen atoms in total. The van der Waals surface area contributed by atoms with Crippen molar-refractivity contribution in [2.45, 2.75) is 19.8 Å². The van der Waals surface area contributed by atoms with Gasteiger partial charge in [0, 0.05) is 18.2 Å². The third-order valence-electron chi connectivity index (χ3n) is 4.29. The Morgan fingerprint density at radius 3 is 2.68 bits per heavy atom. The van der Waals surface area contributed by atoms with Crippen molar-refractivity contribution in [1.82, 2.24) is 4.90 Å². The second-order valence-electron chi connectivity index (χ2n) is 6.17. The summed E-state index contributed by atoms with van der Waals surface area (Å²) in [6, 6.07) is 13.0. The van der Waals surface area contributed by atoms with Crippen molar-refractivity contribution in [3.63, 3.8) is 0 Å². The number of hydrogen-bond donors (Lipinski definition) is 0. The van der Waals surface area contributed by atoms with Crippen LogP contribution in [0.2, 0.25) is 0 Å². The van der Waals surface area contributed by atoms with Crippen molar-refractivity contribution in [1.29, 1.82) is 0 Å². The van der Waals surface area contributed by atoms with Gasteiger partial charge in [0.2, 0.25) is 0 Å². The Kier molecular flexibility index (Phi) is 6.26. The number of rotatable bonds is 5. The summed E-state index contributed by atoms with van der Waals surface area (Å²) >= 11 is 1.02. The molecule has 28 heavy (non-hydrogen) atoms. The predicted molar refractivity (Wildman–Crippen MR) is 110 cm³/mol. The van der Waals surface area contributed by atoms with Gasteiger partial charge >= 0.3 is 5.97 Å². The second kappa shape index (κ2) is 8.84. The molecule has 3 rings (SSSR count). The van der Waals surface area contributed by atoms with Gasteiger partial charge in [0.1, 0.15) is 0 Å². The number of amides is 2. The number of thioether (sulfide) groups is 1. The average Bonchev–Trinajstić information content (AvgIpc) is 2.99. The molecule has 0 aromatic heterocycles. The van der Waals surface area contributed by atoms with E-state index in [9.17, 15) is 14.4 Å². The summed E-state index contributed by atoms with van der Waals surface area (Å²) in [5.41, 5.74) is 0.472. The number of methoxy groups -OCH3 is 1.